The van der Waals surface area contributed by atoms with Crippen LogP contribution >= 0.6 is 0 Å². The summed E-state index contributed by atoms with van der Waals surface area (Å²) < 4.78 is 11.0. The maximum Gasteiger partial charge on any atom is 0.227 e. The predicted molar refractivity (Wildman–Crippen MR) is 83.4 cm³/mol. The number of methoxy groups -OCH3 is 1. The van der Waals surface area contributed by atoms with Gasteiger partial charge in [-0.1, -0.05) is 13.0 Å². The Kier molecular flexibility index (Phi) is 3.88. The lowest BCUT2D eigenvalue weighted by molar-refractivity contribution is 0.415. The van der Waals surface area contributed by atoms with E-state index in [0.717, 1.165) is 35.5 Å². The molecule has 108 valence electrons. The number of nitrogens with one attached hydrogen (secondary N) is 1. The van der Waals surface area contributed by atoms with Crippen molar-refractivity contribution in [3.63, 3.8) is 0 Å². The van der Waals surface area contributed by atoms with Gasteiger partial charge in [-0.15, -0.1) is 0 Å². The standard InChI is InChI=1S/C17H18N2O2/c1-3-18-11-12-4-9-16-15(10-12)19-17(21-16)13-5-7-14(20-2)8-6-13/h4-10,18H,3,11H2,1-2H3. The van der Waals surface area contributed by atoms with Crippen LogP contribution in [0.1, 0.15) is 12.5 Å². The molecule has 0 bridgehead atoms. The molecule has 0 aliphatic carbocycles. The second kappa shape index (κ2) is 5.97. The van der Waals surface area contributed by atoms with Crippen LogP contribution in [0.25, 0.3) is 22.6 Å². The Balaban J connectivity index is 1.92. The molecule has 0 unspecified atom stereocenters. The molecule has 0 amide bonds. The molecule has 4 heteroatoms. The third kappa shape index (κ3) is 2.90. The van der Waals surface area contributed by atoms with Crippen LogP contribution < -0.4 is 10.1 Å². The summed E-state index contributed by atoms with van der Waals surface area (Å²) in [6, 6.07) is 13.8. The normalized spacial score (nSPS) is 11.0. The van der Waals surface area contributed by atoms with Gasteiger partial charge in [0.05, 0.1) is 7.11 Å². The fraction of sp³-hybridized carbons (Fsp3) is 0.235. The van der Waals surface area contributed by atoms with Crippen molar-refractivity contribution in [2.24, 2.45) is 0 Å². The van der Waals surface area contributed by atoms with Gasteiger partial charge in [0.2, 0.25) is 5.89 Å². The van der Waals surface area contributed by atoms with Crippen LogP contribution in [0.4, 0.5) is 0 Å². The van der Waals surface area contributed by atoms with E-state index in [1.807, 2.05) is 30.3 Å². The molecule has 1 aromatic heterocycles. The number of rotatable bonds is 5. The highest BCUT2D eigenvalue weighted by molar-refractivity contribution is 5.77. The molecule has 0 aliphatic heterocycles. The molecule has 0 saturated heterocycles. The van der Waals surface area contributed by atoms with Crippen LogP contribution in [0.5, 0.6) is 5.75 Å². The van der Waals surface area contributed by atoms with Gasteiger partial charge in [-0.2, -0.15) is 0 Å². The summed E-state index contributed by atoms with van der Waals surface area (Å²) in [6.45, 7) is 3.89. The van der Waals surface area contributed by atoms with E-state index in [1.165, 1.54) is 5.56 Å². The quantitative estimate of drug-likeness (QED) is 0.776. The minimum Gasteiger partial charge on any atom is -0.497 e. The third-order valence-corrected chi connectivity index (χ3v) is 3.37. The second-order valence-electron chi connectivity index (χ2n) is 4.83. The zero-order valence-electron chi connectivity index (χ0n) is 12.2. The van der Waals surface area contributed by atoms with Crippen molar-refractivity contribution in [3.8, 4) is 17.2 Å². The molecule has 4 nitrogen and oxygen atoms in total. The zero-order valence-corrected chi connectivity index (χ0v) is 12.2. The Morgan fingerprint density at radius 2 is 1.95 bits per heavy atom. The Morgan fingerprint density at radius 3 is 2.67 bits per heavy atom. The molecule has 3 rings (SSSR count). The second-order valence-corrected chi connectivity index (χ2v) is 4.83. The van der Waals surface area contributed by atoms with E-state index in [-0.39, 0.29) is 0 Å². The lowest BCUT2D eigenvalue weighted by Gasteiger charge is -2.00. The Hall–Kier alpha value is -2.33. The van der Waals surface area contributed by atoms with Gasteiger partial charge in [0, 0.05) is 12.1 Å². The van der Waals surface area contributed by atoms with Crippen molar-refractivity contribution in [2.45, 2.75) is 13.5 Å². The summed E-state index contributed by atoms with van der Waals surface area (Å²) >= 11 is 0. The number of aromatic nitrogens is 1. The fourth-order valence-electron chi connectivity index (χ4n) is 2.21. The summed E-state index contributed by atoms with van der Waals surface area (Å²) in [4.78, 5) is 4.57. The van der Waals surface area contributed by atoms with E-state index in [2.05, 4.69) is 29.4 Å². The fourth-order valence-corrected chi connectivity index (χ4v) is 2.21. The van der Waals surface area contributed by atoms with Crippen LogP contribution in [-0.2, 0) is 6.54 Å². The van der Waals surface area contributed by atoms with Crippen molar-refractivity contribution >= 4 is 11.1 Å². The minimum absolute atomic E-state index is 0.633. The van der Waals surface area contributed by atoms with Crippen molar-refractivity contribution in [1.29, 1.82) is 0 Å². The van der Waals surface area contributed by atoms with Crippen molar-refractivity contribution in [2.75, 3.05) is 13.7 Å². The average molecular weight is 282 g/mol. The van der Waals surface area contributed by atoms with Crippen LogP contribution in [0.2, 0.25) is 0 Å². The van der Waals surface area contributed by atoms with E-state index in [9.17, 15) is 0 Å². The SMILES string of the molecule is CCNCc1ccc2oc(-c3ccc(OC)cc3)nc2c1. The number of hydrogen-bond acceptors (Lipinski definition) is 4. The van der Waals surface area contributed by atoms with Crippen LogP contribution in [0.3, 0.4) is 0 Å². The summed E-state index contributed by atoms with van der Waals surface area (Å²) in [5.74, 6) is 1.45. The lowest BCUT2D eigenvalue weighted by atomic mass is 10.2. The van der Waals surface area contributed by atoms with E-state index in [1.54, 1.807) is 7.11 Å². The van der Waals surface area contributed by atoms with Crippen LogP contribution in [-0.4, -0.2) is 18.6 Å². The number of hydrogen-bond donors (Lipinski definition) is 1. The topological polar surface area (TPSA) is 47.3 Å². The molecule has 0 saturated carbocycles. The Labute approximate surface area is 123 Å². The number of oxazole rings is 1. The van der Waals surface area contributed by atoms with Crippen molar-refractivity contribution < 1.29 is 9.15 Å². The summed E-state index contributed by atoms with van der Waals surface area (Å²) in [7, 11) is 1.65. The predicted octanol–water partition coefficient (Wildman–Crippen LogP) is 3.61. The van der Waals surface area contributed by atoms with Crippen molar-refractivity contribution in [1.82, 2.24) is 10.3 Å². The summed E-state index contributed by atoms with van der Waals surface area (Å²) in [5, 5.41) is 3.31. The van der Waals surface area contributed by atoms with Gasteiger partial charge in [0.1, 0.15) is 11.3 Å². The smallest absolute Gasteiger partial charge is 0.227 e. The maximum absolute atomic E-state index is 5.81. The minimum atomic E-state index is 0.633. The monoisotopic (exact) mass is 282 g/mol. The molecular weight excluding hydrogens is 264 g/mol. The van der Waals surface area contributed by atoms with Gasteiger partial charge in [0.25, 0.3) is 0 Å². The highest BCUT2D eigenvalue weighted by Crippen LogP contribution is 2.26. The highest BCUT2D eigenvalue weighted by Gasteiger charge is 2.08. The molecule has 1 N–H and O–H groups in total. The lowest BCUT2D eigenvalue weighted by Crippen LogP contribution is -2.11. The first-order valence-corrected chi connectivity index (χ1v) is 7.05. The first-order valence-electron chi connectivity index (χ1n) is 7.05. The number of ether oxygens (including phenoxy) is 1. The van der Waals surface area contributed by atoms with Gasteiger partial charge in [-0.25, -0.2) is 4.98 Å². The van der Waals surface area contributed by atoms with E-state index < -0.39 is 0 Å². The molecule has 0 fully saturated rings. The molecule has 1 heterocycles. The van der Waals surface area contributed by atoms with Crippen LogP contribution in [0.15, 0.2) is 46.9 Å². The maximum atomic E-state index is 5.81. The van der Waals surface area contributed by atoms with E-state index >= 15 is 0 Å². The molecule has 0 aliphatic rings. The first kappa shape index (κ1) is 13.6. The first-order chi connectivity index (χ1) is 10.3. The molecule has 0 radical (unpaired) electrons. The largest absolute Gasteiger partial charge is 0.497 e. The molecule has 0 spiro atoms. The van der Waals surface area contributed by atoms with E-state index in [0.29, 0.717) is 5.89 Å². The van der Waals surface area contributed by atoms with Gasteiger partial charge in [-0.05, 0) is 48.5 Å². The number of benzene rings is 2. The summed E-state index contributed by atoms with van der Waals surface area (Å²) in [6.07, 6.45) is 0. The third-order valence-electron chi connectivity index (χ3n) is 3.37. The molecule has 3 aromatic rings. The molecule has 2 aromatic carbocycles. The van der Waals surface area contributed by atoms with Crippen LogP contribution in [0, 0.1) is 0 Å². The number of fused-ring (bicyclic) bond motifs is 1. The van der Waals surface area contributed by atoms with Gasteiger partial charge in [-0.3, -0.25) is 0 Å². The number of nitrogens with zero attached hydrogens (tertiary/aromatic N) is 1. The summed E-state index contributed by atoms with van der Waals surface area (Å²) in [5.41, 5.74) is 3.84. The van der Waals surface area contributed by atoms with Crippen molar-refractivity contribution in [3.05, 3.63) is 48.0 Å². The molecular formula is C17H18N2O2. The Bertz CT molecular complexity index is 732. The molecule has 21 heavy (non-hydrogen) atoms. The Morgan fingerprint density at radius 1 is 1.14 bits per heavy atom. The van der Waals surface area contributed by atoms with Gasteiger partial charge < -0.3 is 14.5 Å². The highest BCUT2D eigenvalue weighted by atomic mass is 16.5. The zero-order chi connectivity index (χ0) is 14.7. The van der Waals surface area contributed by atoms with Gasteiger partial charge in [0.15, 0.2) is 5.58 Å². The van der Waals surface area contributed by atoms with Gasteiger partial charge >= 0.3 is 0 Å². The molecule has 0 atom stereocenters. The average Bonchev–Trinajstić information content (AvgIpc) is 2.96. The van der Waals surface area contributed by atoms with E-state index in [4.69, 9.17) is 9.15 Å².